The molecule has 0 aromatic heterocycles. The molecule has 0 amide bonds. The monoisotopic (exact) mass is 252 g/mol. The first kappa shape index (κ1) is 14.3. The van der Waals surface area contributed by atoms with Gasteiger partial charge in [0, 0.05) is 6.04 Å². The van der Waals surface area contributed by atoms with E-state index in [1.54, 1.807) is 0 Å². The molecular formula is C16H32N2. The molecular weight excluding hydrogens is 220 g/mol. The van der Waals surface area contributed by atoms with Gasteiger partial charge in [-0.1, -0.05) is 19.8 Å². The molecule has 1 atom stereocenters. The maximum absolute atomic E-state index is 3.60. The van der Waals surface area contributed by atoms with Gasteiger partial charge in [-0.15, -0.1) is 0 Å². The second-order valence-electron chi connectivity index (χ2n) is 6.52. The lowest BCUT2D eigenvalue weighted by Crippen LogP contribution is -2.26. The van der Waals surface area contributed by atoms with Gasteiger partial charge >= 0.3 is 0 Å². The Morgan fingerprint density at radius 3 is 2.61 bits per heavy atom. The summed E-state index contributed by atoms with van der Waals surface area (Å²) >= 11 is 0. The average molecular weight is 252 g/mol. The van der Waals surface area contributed by atoms with Gasteiger partial charge in [0.05, 0.1) is 0 Å². The van der Waals surface area contributed by atoms with Crippen LogP contribution in [0, 0.1) is 5.92 Å². The maximum Gasteiger partial charge on any atom is 0.00682 e. The van der Waals surface area contributed by atoms with Crippen LogP contribution in [0.4, 0.5) is 0 Å². The zero-order chi connectivity index (χ0) is 12.6. The largest absolute Gasteiger partial charge is 0.314 e. The van der Waals surface area contributed by atoms with Crippen LogP contribution >= 0.6 is 0 Å². The van der Waals surface area contributed by atoms with Gasteiger partial charge in [-0.2, -0.15) is 0 Å². The lowest BCUT2D eigenvalue weighted by Gasteiger charge is -2.19. The second-order valence-corrected chi connectivity index (χ2v) is 6.52. The third-order valence-electron chi connectivity index (χ3n) is 4.52. The Labute approximate surface area is 114 Å². The number of nitrogens with one attached hydrogen (secondary N) is 1. The molecule has 1 heterocycles. The molecule has 1 aliphatic carbocycles. The number of unbranched alkanes of at least 4 members (excludes halogenated alkanes) is 3. The van der Waals surface area contributed by atoms with E-state index >= 15 is 0 Å². The molecule has 1 saturated heterocycles. The van der Waals surface area contributed by atoms with E-state index in [-0.39, 0.29) is 0 Å². The minimum Gasteiger partial charge on any atom is -0.314 e. The van der Waals surface area contributed by atoms with Crippen LogP contribution in [0.25, 0.3) is 0 Å². The standard InChI is InChI=1S/C16H32N2/c1-15-7-6-13-18(14-10-15)12-5-3-2-4-11-17-16-8-9-16/h15-17H,2-14H2,1H3. The third kappa shape index (κ3) is 6.19. The van der Waals surface area contributed by atoms with E-state index in [9.17, 15) is 0 Å². The van der Waals surface area contributed by atoms with Gasteiger partial charge in [0.1, 0.15) is 0 Å². The number of hydrogen-bond acceptors (Lipinski definition) is 2. The first-order valence-electron chi connectivity index (χ1n) is 8.30. The lowest BCUT2D eigenvalue weighted by atomic mass is 10.0. The van der Waals surface area contributed by atoms with Crippen LogP contribution in [-0.2, 0) is 0 Å². The molecule has 0 radical (unpaired) electrons. The zero-order valence-corrected chi connectivity index (χ0v) is 12.3. The molecule has 106 valence electrons. The predicted molar refractivity (Wildman–Crippen MR) is 78.9 cm³/mol. The highest BCUT2D eigenvalue weighted by Crippen LogP contribution is 2.19. The second kappa shape index (κ2) is 8.16. The molecule has 1 aliphatic heterocycles. The average Bonchev–Trinajstić information content (AvgIpc) is 3.17. The van der Waals surface area contributed by atoms with E-state index in [2.05, 4.69) is 17.1 Å². The molecule has 2 rings (SSSR count). The van der Waals surface area contributed by atoms with Gasteiger partial charge in [-0.3, -0.25) is 0 Å². The zero-order valence-electron chi connectivity index (χ0n) is 12.3. The minimum atomic E-state index is 0.893. The van der Waals surface area contributed by atoms with Crippen molar-refractivity contribution in [3.63, 3.8) is 0 Å². The Morgan fingerprint density at radius 2 is 1.78 bits per heavy atom. The predicted octanol–water partition coefficient (Wildman–Crippen LogP) is 3.42. The Balaban J connectivity index is 1.39. The first-order chi connectivity index (χ1) is 8.84. The minimum absolute atomic E-state index is 0.893. The highest BCUT2D eigenvalue weighted by atomic mass is 15.1. The number of hydrogen-bond donors (Lipinski definition) is 1. The molecule has 0 bridgehead atoms. The van der Waals surface area contributed by atoms with Crippen LogP contribution in [0.2, 0.25) is 0 Å². The summed E-state index contributed by atoms with van der Waals surface area (Å²) in [6, 6.07) is 0.893. The van der Waals surface area contributed by atoms with Gasteiger partial charge in [0.25, 0.3) is 0 Å². The molecule has 0 aromatic rings. The van der Waals surface area contributed by atoms with E-state index in [1.165, 1.54) is 84.0 Å². The Morgan fingerprint density at radius 1 is 0.944 bits per heavy atom. The Hall–Kier alpha value is -0.0800. The van der Waals surface area contributed by atoms with Crippen LogP contribution in [0.3, 0.4) is 0 Å². The quantitative estimate of drug-likeness (QED) is 0.666. The van der Waals surface area contributed by atoms with Gasteiger partial charge < -0.3 is 10.2 Å². The summed E-state index contributed by atoms with van der Waals surface area (Å²) in [5, 5.41) is 3.60. The summed E-state index contributed by atoms with van der Waals surface area (Å²) in [6.07, 6.45) is 12.8. The van der Waals surface area contributed by atoms with Crippen molar-refractivity contribution >= 4 is 0 Å². The fourth-order valence-corrected chi connectivity index (χ4v) is 2.95. The van der Waals surface area contributed by atoms with Gasteiger partial charge in [-0.25, -0.2) is 0 Å². The van der Waals surface area contributed by atoms with Crippen molar-refractivity contribution < 1.29 is 0 Å². The third-order valence-corrected chi connectivity index (χ3v) is 4.52. The molecule has 0 aromatic carbocycles. The SMILES string of the molecule is CC1CCCN(CCCCCCNC2CC2)CC1. The fraction of sp³-hybridized carbons (Fsp3) is 1.00. The van der Waals surface area contributed by atoms with Crippen molar-refractivity contribution in [3.8, 4) is 0 Å². The molecule has 0 spiro atoms. The summed E-state index contributed by atoms with van der Waals surface area (Å²) in [5.74, 6) is 0.962. The van der Waals surface area contributed by atoms with Crippen molar-refractivity contribution in [2.75, 3.05) is 26.2 Å². The van der Waals surface area contributed by atoms with Gasteiger partial charge in [-0.05, 0) is 77.0 Å². The smallest absolute Gasteiger partial charge is 0.00682 e. The van der Waals surface area contributed by atoms with Gasteiger partial charge in [0.15, 0.2) is 0 Å². The molecule has 2 nitrogen and oxygen atoms in total. The van der Waals surface area contributed by atoms with Crippen molar-refractivity contribution in [2.45, 2.75) is 70.8 Å². The summed E-state index contributed by atoms with van der Waals surface area (Å²) in [5.41, 5.74) is 0. The number of nitrogens with zero attached hydrogens (tertiary/aromatic N) is 1. The topological polar surface area (TPSA) is 15.3 Å². The molecule has 1 saturated carbocycles. The van der Waals surface area contributed by atoms with Crippen molar-refractivity contribution in [1.82, 2.24) is 10.2 Å². The first-order valence-corrected chi connectivity index (χ1v) is 8.30. The van der Waals surface area contributed by atoms with E-state index < -0.39 is 0 Å². The maximum atomic E-state index is 3.60. The summed E-state index contributed by atoms with van der Waals surface area (Å²) < 4.78 is 0. The lowest BCUT2D eigenvalue weighted by molar-refractivity contribution is 0.274. The highest BCUT2D eigenvalue weighted by Gasteiger charge is 2.19. The van der Waals surface area contributed by atoms with E-state index in [0.717, 1.165) is 12.0 Å². The molecule has 2 aliphatic rings. The number of likely N-dealkylation sites (tertiary alicyclic amines) is 1. The molecule has 2 fully saturated rings. The number of rotatable bonds is 8. The van der Waals surface area contributed by atoms with Crippen LogP contribution in [0.1, 0.15) is 64.7 Å². The summed E-state index contributed by atoms with van der Waals surface area (Å²) in [4.78, 5) is 2.70. The van der Waals surface area contributed by atoms with Crippen LogP contribution in [-0.4, -0.2) is 37.1 Å². The van der Waals surface area contributed by atoms with Crippen molar-refractivity contribution in [3.05, 3.63) is 0 Å². The van der Waals surface area contributed by atoms with Gasteiger partial charge in [0.2, 0.25) is 0 Å². The van der Waals surface area contributed by atoms with Crippen molar-refractivity contribution in [2.24, 2.45) is 5.92 Å². The summed E-state index contributed by atoms with van der Waals surface area (Å²) in [7, 11) is 0. The molecule has 1 unspecified atom stereocenters. The van der Waals surface area contributed by atoms with Crippen LogP contribution < -0.4 is 5.32 Å². The molecule has 18 heavy (non-hydrogen) atoms. The fourth-order valence-electron chi connectivity index (χ4n) is 2.95. The Kier molecular flexibility index (Phi) is 6.50. The molecule has 1 N–H and O–H groups in total. The van der Waals surface area contributed by atoms with E-state index in [1.807, 2.05) is 0 Å². The van der Waals surface area contributed by atoms with E-state index in [0.29, 0.717) is 0 Å². The highest BCUT2D eigenvalue weighted by molar-refractivity contribution is 4.80. The van der Waals surface area contributed by atoms with Crippen LogP contribution in [0.5, 0.6) is 0 Å². The van der Waals surface area contributed by atoms with Crippen LogP contribution in [0.15, 0.2) is 0 Å². The van der Waals surface area contributed by atoms with E-state index in [4.69, 9.17) is 0 Å². The van der Waals surface area contributed by atoms with Crippen molar-refractivity contribution in [1.29, 1.82) is 0 Å². The summed E-state index contributed by atoms with van der Waals surface area (Å²) in [6.45, 7) is 7.73. The molecule has 2 heteroatoms. The normalized spacial score (nSPS) is 26.2. The Bertz CT molecular complexity index is 213.